The summed E-state index contributed by atoms with van der Waals surface area (Å²) in [6.45, 7) is 8.02. The van der Waals surface area contributed by atoms with E-state index >= 15 is 0 Å². The van der Waals surface area contributed by atoms with Crippen LogP contribution in [0.1, 0.15) is 50.7 Å². The van der Waals surface area contributed by atoms with Crippen LogP contribution in [0, 0.1) is 6.92 Å². The van der Waals surface area contributed by atoms with Gasteiger partial charge in [-0.15, -0.1) is 0 Å². The van der Waals surface area contributed by atoms with Crippen LogP contribution < -0.4 is 9.47 Å². The van der Waals surface area contributed by atoms with Crippen LogP contribution in [-0.4, -0.2) is 30.7 Å². The van der Waals surface area contributed by atoms with Gasteiger partial charge in [0.25, 0.3) is 0 Å². The molecule has 1 N–H and O–H groups in total. The van der Waals surface area contributed by atoms with Crippen molar-refractivity contribution in [2.24, 2.45) is 0 Å². The van der Waals surface area contributed by atoms with Gasteiger partial charge in [0, 0.05) is 12.7 Å². The molecule has 0 aliphatic carbocycles. The Morgan fingerprint density at radius 1 is 1.33 bits per heavy atom. The number of aliphatic hydroxyl groups is 1. The maximum atomic E-state index is 10.3. The molecule has 1 aliphatic heterocycles. The number of methoxy groups -OCH3 is 1. The molecule has 1 aliphatic rings. The molecule has 0 fully saturated rings. The Morgan fingerprint density at radius 2 is 2.05 bits per heavy atom. The van der Waals surface area contributed by atoms with Gasteiger partial charge in [0.2, 0.25) is 0 Å². The van der Waals surface area contributed by atoms with E-state index in [4.69, 9.17) is 14.2 Å². The summed E-state index contributed by atoms with van der Waals surface area (Å²) in [6, 6.07) is 4.04. The molecular formula is C17H26O4. The third kappa shape index (κ3) is 3.69. The zero-order valence-corrected chi connectivity index (χ0v) is 13.6. The highest BCUT2D eigenvalue weighted by Crippen LogP contribution is 2.40. The third-order valence-corrected chi connectivity index (χ3v) is 4.09. The molecule has 118 valence electrons. The fourth-order valence-electron chi connectivity index (χ4n) is 2.71. The molecule has 0 amide bonds. The predicted octanol–water partition coefficient (Wildman–Crippen LogP) is 3.39. The summed E-state index contributed by atoms with van der Waals surface area (Å²) >= 11 is 0. The van der Waals surface area contributed by atoms with Crippen molar-refractivity contribution in [3.63, 3.8) is 0 Å². The maximum Gasteiger partial charge on any atom is 0.188 e. The molecule has 0 unspecified atom stereocenters. The molecule has 21 heavy (non-hydrogen) atoms. The van der Waals surface area contributed by atoms with E-state index in [0.29, 0.717) is 5.92 Å². The Kier molecular flexibility index (Phi) is 4.79. The molecule has 1 aromatic rings. The Labute approximate surface area is 127 Å². The van der Waals surface area contributed by atoms with Crippen molar-refractivity contribution in [1.82, 2.24) is 0 Å². The first-order valence-corrected chi connectivity index (χ1v) is 7.48. The molecule has 1 aromatic carbocycles. The lowest BCUT2D eigenvalue weighted by Crippen LogP contribution is -2.40. The van der Waals surface area contributed by atoms with Gasteiger partial charge in [-0.2, -0.15) is 0 Å². The van der Waals surface area contributed by atoms with Crippen LogP contribution in [0.2, 0.25) is 0 Å². The number of hydrogen-bond donors (Lipinski definition) is 1. The fourth-order valence-corrected chi connectivity index (χ4v) is 2.71. The SMILES string of the molecule is COCOc1cc2c(cc1C)O[C@@H](C(C)(C)O)CC[C@H]2C. The van der Waals surface area contributed by atoms with E-state index in [9.17, 15) is 5.11 Å². The minimum Gasteiger partial charge on any atom is -0.487 e. The lowest BCUT2D eigenvalue weighted by atomic mass is 9.91. The highest BCUT2D eigenvalue weighted by Gasteiger charge is 2.33. The normalized spacial score (nSPS) is 22.2. The molecule has 0 saturated heterocycles. The number of fused-ring (bicyclic) bond motifs is 1. The monoisotopic (exact) mass is 294 g/mol. The van der Waals surface area contributed by atoms with Crippen LogP contribution in [0.4, 0.5) is 0 Å². The van der Waals surface area contributed by atoms with Crippen molar-refractivity contribution in [2.75, 3.05) is 13.9 Å². The molecule has 2 rings (SSSR count). The quantitative estimate of drug-likeness (QED) is 0.865. The number of ether oxygens (including phenoxy) is 3. The van der Waals surface area contributed by atoms with Crippen LogP contribution in [-0.2, 0) is 4.74 Å². The summed E-state index contributed by atoms with van der Waals surface area (Å²) in [4.78, 5) is 0. The van der Waals surface area contributed by atoms with Gasteiger partial charge in [0.15, 0.2) is 6.79 Å². The molecular weight excluding hydrogens is 268 g/mol. The molecule has 0 bridgehead atoms. The van der Waals surface area contributed by atoms with E-state index < -0.39 is 5.60 Å². The molecule has 4 heteroatoms. The smallest absolute Gasteiger partial charge is 0.188 e. The molecule has 0 radical (unpaired) electrons. The standard InChI is InChI=1S/C17H26O4/c1-11-6-7-16(17(3,4)18)21-15-8-12(2)14(9-13(11)15)20-10-19-5/h8-9,11,16,18H,6-7,10H2,1-5H3/t11-,16-/m1/s1. The first-order valence-electron chi connectivity index (χ1n) is 7.48. The van der Waals surface area contributed by atoms with Gasteiger partial charge in [-0.05, 0) is 57.2 Å². The zero-order chi connectivity index (χ0) is 15.6. The summed E-state index contributed by atoms with van der Waals surface area (Å²) in [7, 11) is 1.61. The van der Waals surface area contributed by atoms with Crippen molar-refractivity contribution in [3.8, 4) is 11.5 Å². The molecule has 0 aromatic heterocycles. The van der Waals surface area contributed by atoms with Crippen molar-refractivity contribution in [3.05, 3.63) is 23.3 Å². The van der Waals surface area contributed by atoms with E-state index in [1.54, 1.807) is 21.0 Å². The number of benzene rings is 1. The lowest BCUT2D eigenvalue weighted by molar-refractivity contribution is -0.0361. The van der Waals surface area contributed by atoms with Gasteiger partial charge >= 0.3 is 0 Å². The largest absolute Gasteiger partial charge is 0.487 e. The fraction of sp³-hybridized carbons (Fsp3) is 0.647. The lowest BCUT2D eigenvalue weighted by Gasteiger charge is -2.29. The zero-order valence-electron chi connectivity index (χ0n) is 13.6. The van der Waals surface area contributed by atoms with Crippen LogP contribution >= 0.6 is 0 Å². The Balaban J connectivity index is 2.34. The van der Waals surface area contributed by atoms with Gasteiger partial charge in [0.1, 0.15) is 17.6 Å². The van der Waals surface area contributed by atoms with Gasteiger partial charge < -0.3 is 19.3 Å². The molecule has 2 atom stereocenters. The van der Waals surface area contributed by atoms with E-state index in [-0.39, 0.29) is 12.9 Å². The minimum absolute atomic E-state index is 0.189. The van der Waals surface area contributed by atoms with Gasteiger partial charge in [-0.3, -0.25) is 0 Å². The molecule has 0 spiro atoms. The van der Waals surface area contributed by atoms with Gasteiger partial charge in [-0.1, -0.05) is 6.92 Å². The van der Waals surface area contributed by atoms with Crippen LogP contribution in [0.3, 0.4) is 0 Å². The topological polar surface area (TPSA) is 47.9 Å². The van der Waals surface area contributed by atoms with Crippen molar-refractivity contribution >= 4 is 0 Å². The highest BCUT2D eigenvalue weighted by molar-refractivity contribution is 5.48. The first-order chi connectivity index (χ1) is 9.82. The van der Waals surface area contributed by atoms with Gasteiger partial charge in [0.05, 0.1) is 5.60 Å². The van der Waals surface area contributed by atoms with Crippen molar-refractivity contribution in [1.29, 1.82) is 0 Å². The Bertz CT molecular complexity index is 490. The van der Waals surface area contributed by atoms with Crippen molar-refractivity contribution < 1.29 is 19.3 Å². The highest BCUT2D eigenvalue weighted by atomic mass is 16.7. The van der Waals surface area contributed by atoms with E-state index in [0.717, 1.165) is 35.5 Å². The third-order valence-electron chi connectivity index (χ3n) is 4.09. The number of hydrogen-bond acceptors (Lipinski definition) is 4. The first kappa shape index (κ1) is 16.1. The van der Waals surface area contributed by atoms with E-state index in [1.165, 1.54) is 0 Å². The average molecular weight is 294 g/mol. The van der Waals surface area contributed by atoms with Crippen LogP contribution in [0.15, 0.2) is 12.1 Å². The summed E-state index contributed by atoms with van der Waals surface area (Å²) < 4.78 is 16.7. The predicted molar refractivity (Wildman–Crippen MR) is 82.0 cm³/mol. The summed E-state index contributed by atoms with van der Waals surface area (Å²) in [5.41, 5.74) is 1.30. The molecule has 4 nitrogen and oxygen atoms in total. The Hall–Kier alpha value is -1.26. The summed E-state index contributed by atoms with van der Waals surface area (Å²) in [5, 5.41) is 10.3. The second kappa shape index (κ2) is 6.24. The number of rotatable bonds is 4. The van der Waals surface area contributed by atoms with Crippen LogP contribution in [0.25, 0.3) is 0 Å². The Morgan fingerprint density at radius 3 is 2.67 bits per heavy atom. The second-order valence-corrected chi connectivity index (χ2v) is 6.44. The second-order valence-electron chi connectivity index (χ2n) is 6.44. The summed E-state index contributed by atoms with van der Waals surface area (Å²) in [6.07, 6.45) is 1.63. The summed E-state index contributed by atoms with van der Waals surface area (Å²) in [5.74, 6) is 2.06. The van der Waals surface area contributed by atoms with Gasteiger partial charge in [-0.25, -0.2) is 0 Å². The van der Waals surface area contributed by atoms with Crippen LogP contribution in [0.5, 0.6) is 11.5 Å². The van der Waals surface area contributed by atoms with E-state index in [1.807, 2.05) is 19.1 Å². The molecule has 1 heterocycles. The maximum absolute atomic E-state index is 10.3. The number of aryl methyl sites for hydroxylation is 1. The molecule has 0 saturated carbocycles. The van der Waals surface area contributed by atoms with Crippen molar-refractivity contribution in [2.45, 2.75) is 58.2 Å². The van der Waals surface area contributed by atoms with E-state index in [2.05, 4.69) is 6.92 Å². The average Bonchev–Trinajstić information content (AvgIpc) is 2.55. The minimum atomic E-state index is -0.847.